The minimum Gasteiger partial charge on any atom is -0.343 e. The van der Waals surface area contributed by atoms with Gasteiger partial charge in [-0.15, -0.1) is 0 Å². The second-order valence-electron chi connectivity index (χ2n) is 6.50. The molecule has 28 heavy (non-hydrogen) atoms. The van der Waals surface area contributed by atoms with Crippen molar-refractivity contribution in [3.63, 3.8) is 0 Å². The Bertz CT molecular complexity index is 915. The number of alkyl halides is 3. The molecule has 2 aromatic heterocycles. The average molecular weight is 396 g/mol. The van der Waals surface area contributed by atoms with Gasteiger partial charge in [0.25, 0.3) is 0 Å². The molecule has 5 nitrogen and oxygen atoms in total. The molecule has 2 heterocycles. The fourth-order valence-corrected chi connectivity index (χ4v) is 2.98. The highest BCUT2D eigenvalue weighted by Crippen LogP contribution is 2.31. The summed E-state index contributed by atoms with van der Waals surface area (Å²) in [6.07, 6.45) is -3.17. The van der Waals surface area contributed by atoms with Gasteiger partial charge in [0.05, 0.1) is 0 Å². The lowest BCUT2D eigenvalue weighted by molar-refractivity contribution is -0.143. The predicted octanol–water partition coefficient (Wildman–Crippen LogP) is 4.52. The van der Waals surface area contributed by atoms with E-state index in [1.165, 1.54) is 25.2 Å². The van der Waals surface area contributed by atoms with Gasteiger partial charge in [-0.05, 0) is 56.3 Å². The molecule has 0 saturated heterocycles. The first-order valence-electron chi connectivity index (χ1n) is 8.80. The Hall–Kier alpha value is -2.68. The van der Waals surface area contributed by atoms with E-state index in [1.54, 1.807) is 12.1 Å². The monoisotopic (exact) mass is 396 g/mol. The quantitative estimate of drug-likeness (QED) is 0.471. The van der Waals surface area contributed by atoms with Crippen LogP contribution in [-0.4, -0.2) is 21.3 Å². The molecular weight excluding hydrogens is 376 g/mol. The third-order valence-corrected chi connectivity index (χ3v) is 4.48. The minimum absolute atomic E-state index is 0.237. The summed E-state index contributed by atoms with van der Waals surface area (Å²) in [5.74, 6) is 0.500. The van der Waals surface area contributed by atoms with E-state index >= 15 is 0 Å². The van der Waals surface area contributed by atoms with E-state index < -0.39 is 11.9 Å². The molecule has 0 bridgehead atoms. The maximum atomic E-state index is 13.0. The molecular formula is C19H20F4N4O. The van der Waals surface area contributed by atoms with Gasteiger partial charge in [-0.25, -0.2) is 4.39 Å². The summed E-state index contributed by atoms with van der Waals surface area (Å²) in [6, 6.07) is 8.12. The van der Waals surface area contributed by atoms with Gasteiger partial charge in [0.15, 0.2) is 0 Å². The maximum absolute atomic E-state index is 13.0. The number of hydrogen-bond donors (Lipinski definition) is 1. The molecule has 0 aliphatic heterocycles. The number of aromatic nitrogens is 3. The van der Waals surface area contributed by atoms with E-state index in [0.29, 0.717) is 42.4 Å². The van der Waals surface area contributed by atoms with Crippen molar-refractivity contribution >= 4 is 0 Å². The molecule has 150 valence electrons. The molecule has 1 N–H and O–H groups in total. The number of nitrogens with one attached hydrogen (secondary N) is 1. The van der Waals surface area contributed by atoms with Gasteiger partial charge in [0.2, 0.25) is 11.7 Å². The van der Waals surface area contributed by atoms with Crippen molar-refractivity contribution < 1.29 is 22.1 Å². The summed E-state index contributed by atoms with van der Waals surface area (Å²) in [7, 11) is 1.41. The summed E-state index contributed by atoms with van der Waals surface area (Å²) in [5, 5.41) is 7.08. The van der Waals surface area contributed by atoms with E-state index in [-0.39, 0.29) is 11.9 Å². The summed E-state index contributed by atoms with van der Waals surface area (Å²) in [4.78, 5) is 4.27. The molecule has 0 aliphatic rings. The highest BCUT2D eigenvalue weighted by molar-refractivity contribution is 5.53. The van der Waals surface area contributed by atoms with Gasteiger partial charge in [0, 0.05) is 30.8 Å². The van der Waals surface area contributed by atoms with Gasteiger partial charge in [-0.1, -0.05) is 5.16 Å². The van der Waals surface area contributed by atoms with Crippen molar-refractivity contribution in [2.24, 2.45) is 7.05 Å². The molecule has 0 saturated carbocycles. The summed E-state index contributed by atoms with van der Waals surface area (Å²) in [5.41, 5.74) is 0.548. The largest absolute Gasteiger partial charge is 0.431 e. The van der Waals surface area contributed by atoms with Crippen LogP contribution in [0.25, 0.3) is 11.4 Å². The Labute approximate surface area is 159 Å². The van der Waals surface area contributed by atoms with Crippen molar-refractivity contribution in [2.75, 3.05) is 6.54 Å². The first kappa shape index (κ1) is 20.1. The van der Waals surface area contributed by atoms with E-state index in [1.807, 2.05) is 6.92 Å². The zero-order valence-electron chi connectivity index (χ0n) is 15.4. The molecule has 0 radical (unpaired) electrons. The Kier molecular flexibility index (Phi) is 5.83. The van der Waals surface area contributed by atoms with Crippen LogP contribution in [0.15, 0.2) is 40.9 Å². The summed E-state index contributed by atoms with van der Waals surface area (Å²) in [6.45, 7) is 2.39. The van der Waals surface area contributed by atoms with Crippen LogP contribution in [-0.2, 0) is 19.6 Å². The molecule has 3 rings (SSSR count). The van der Waals surface area contributed by atoms with Crippen molar-refractivity contribution in [1.82, 2.24) is 20.0 Å². The molecule has 0 amide bonds. The lowest BCUT2D eigenvalue weighted by atomic mass is 10.2. The first-order valence-corrected chi connectivity index (χ1v) is 8.80. The second kappa shape index (κ2) is 8.14. The van der Waals surface area contributed by atoms with Crippen LogP contribution >= 0.6 is 0 Å². The molecule has 0 fully saturated rings. The number of benzene rings is 1. The summed E-state index contributed by atoms with van der Waals surface area (Å²) >= 11 is 0. The van der Waals surface area contributed by atoms with E-state index in [0.717, 1.165) is 10.6 Å². The van der Waals surface area contributed by atoms with Crippen LogP contribution in [0.1, 0.15) is 36.7 Å². The number of hydrogen-bond acceptors (Lipinski definition) is 4. The third-order valence-electron chi connectivity index (χ3n) is 4.48. The van der Waals surface area contributed by atoms with Crippen LogP contribution < -0.4 is 5.32 Å². The number of nitrogens with zero attached hydrogens (tertiary/aromatic N) is 3. The van der Waals surface area contributed by atoms with E-state index in [2.05, 4.69) is 15.5 Å². The van der Waals surface area contributed by atoms with Gasteiger partial charge in [-0.3, -0.25) is 0 Å². The fourth-order valence-electron chi connectivity index (χ4n) is 2.98. The van der Waals surface area contributed by atoms with Crippen LogP contribution in [0.5, 0.6) is 0 Å². The first-order chi connectivity index (χ1) is 13.3. The van der Waals surface area contributed by atoms with Gasteiger partial charge in [0.1, 0.15) is 11.5 Å². The topological polar surface area (TPSA) is 55.9 Å². The van der Waals surface area contributed by atoms with Crippen molar-refractivity contribution in [3.8, 4) is 11.4 Å². The minimum atomic E-state index is -4.37. The van der Waals surface area contributed by atoms with Crippen molar-refractivity contribution in [3.05, 3.63) is 59.5 Å². The molecule has 0 aliphatic carbocycles. The molecule has 0 spiro atoms. The summed E-state index contributed by atoms with van der Waals surface area (Å²) < 4.78 is 57.9. The van der Waals surface area contributed by atoms with Gasteiger partial charge >= 0.3 is 6.18 Å². The number of halogens is 4. The highest BCUT2D eigenvalue weighted by Gasteiger charge is 2.34. The highest BCUT2D eigenvalue weighted by atomic mass is 19.4. The SMILES string of the molecule is CC(NCCCc1nc(-c2ccc(F)cc2)no1)c1ccc(C(F)(F)F)n1C. The Morgan fingerprint density at radius 2 is 1.86 bits per heavy atom. The normalized spacial score (nSPS) is 13.1. The third kappa shape index (κ3) is 4.59. The number of aryl methyl sites for hydroxylation is 1. The molecule has 1 atom stereocenters. The lowest BCUT2D eigenvalue weighted by Crippen LogP contribution is -2.23. The van der Waals surface area contributed by atoms with E-state index in [4.69, 9.17) is 4.52 Å². The molecule has 1 unspecified atom stereocenters. The Balaban J connectivity index is 1.50. The van der Waals surface area contributed by atoms with Gasteiger partial charge < -0.3 is 14.4 Å². The Morgan fingerprint density at radius 1 is 1.14 bits per heavy atom. The molecule has 9 heteroatoms. The van der Waals surface area contributed by atoms with Crippen molar-refractivity contribution in [1.29, 1.82) is 0 Å². The average Bonchev–Trinajstić information content (AvgIpc) is 3.25. The van der Waals surface area contributed by atoms with Crippen LogP contribution in [0.2, 0.25) is 0 Å². The number of rotatable bonds is 7. The fraction of sp³-hybridized carbons (Fsp3) is 0.368. The second-order valence-corrected chi connectivity index (χ2v) is 6.50. The smallest absolute Gasteiger partial charge is 0.343 e. The maximum Gasteiger partial charge on any atom is 0.431 e. The van der Waals surface area contributed by atoms with E-state index in [9.17, 15) is 17.6 Å². The molecule has 3 aromatic rings. The zero-order valence-corrected chi connectivity index (χ0v) is 15.4. The van der Waals surface area contributed by atoms with Crippen LogP contribution in [0.3, 0.4) is 0 Å². The Morgan fingerprint density at radius 3 is 2.50 bits per heavy atom. The van der Waals surface area contributed by atoms with Gasteiger partial charge in [-0.2, -0.15) is 18.2 Å². The standard InChI is InChI=1S/C19H20F4N4O/c1-12(15-9-10-16(27(15)2)19(21,22)23)24-11-3-4-17-25-18(26-28-17)13-5-7-14(20)8-6-13/h5-10,12,24H,3-4,11H2,1-2H3. The predicted molar refractivity (Wildman–Crippen MR) is 94.8 cm³/mol. The van der Waals surface area contributed by atoms with Crippen LogP contribution in [0.4, 0.5) is 17.6 Å². The van der Waals surface area contributed by atoms with Crippen molar-refractivity contribution in [2.45, 2.75) is 32.0 Å². The lowest BCUT2D eigenvalue weighted by Gasteiger charge is -2.16. The molecule has 1 aromatic carbocycles. The van der Waals surface area contributed by atoms with Crippen LogP contribution in [0, 0.1) is 5.82 Å². The zero-order chi connectivity index (χ0) is 20.3.